The summed E-state index contributed by atoms with van der Waals surface area (Å²) in [6, 6.07) is 0.926. The first kappa shape index (κ1) is 20.3. The Balaban J connectivity index is 2.46. The molecule has 0 radical (unpaired) electrons. The molecule has 1 fully saturated rings. The van der Waals surface area contributed by atoms with Crippen molar-refractivity contribution in [1.82, 2.24) is 10.2 Å². The first-order chi connectivity index (χ1) is 10.6. The third-order valence-corrected chi connectivity index (χ3v) is 3.91. The largest absolute Gasteiger partial charge is 0.444 e. The van der Waals surface area contributed by atoms with Crippen LogP contribution in [0.5, 0.6) is 0 Å². The van der Waals surface area contributed by atoms with Crippen molar-refractivity contribution < 1.29 is 9.53 Å². The summed E-state index contributed by atoms with van der Waals surface area (Å²) < 4.78 is 5.55. The second-order valence-corrected chi connectivity index (χ2v) is 8.82. The summed E-state index contributed by atoms with van der Waals surface area (Å²) in [5.41, 5.74) is -0.421. The molecule has 0 bridgehead atoms. The lowest BCUT2D eigenvalue weighted by Gasteiger charge is -2.29. The lowest BCUT2D eigenvalue weighted by Crippen LogP contribution is -2.43. The molecule has 1 N–H and O–H groups in total. The molecule has 0 spiro atoms. The Kier molecular flexibility index (Phi) is 7.85. The van der Waals surface area contributed by atoms with Crippen LogP contribution in [0.15, 0.2) is 0 Å². The molecule has 1 aliphatic carbocycles. The van der Waals surface area contributed by atoms with E-state index in [4.69, 9.17) is 4.74 Å². The van der Waals surface area contributed by atoms with Crippen molar-refractivity contribution in [2.24, 2.45) is 11.8 Å². The molecule has 0 heterocycles. The maximum absolute atomic E-state index is 12.3. The summed E-state index contributed by atoms with van der Waals surface area (Å²) >= 11 is 0. The zero-order chi connectivity index (χ0) is 17.6. The second-order valence-electron chi connectivity index (χ2n) is 8.82. The SMILES string of the molecule is CC(C)CC(CC(C)C)NCCN(C(=O)OC(C)(C)C)C1CC1. The van der Waals surface area contributed by atoms with E-state index in [0.29, 0.717) is 23.9 Å². The molecule has 0 aromatic rings. The fourth-order valence-corrected chi connectivity index (χ4v) is 2.92. The van der Waals surface area contributed by atoms with Crippen LogP contribution in [-0.2, 0) is 4.74 Å². The zero-order valence-corrected chi connectivity index (χ0v) is 16.3. The Morgan fingerprint density at radius 2 is 1.65 bits per heavy atom. The van der Waals surface area contributed by atoms with Gasteiger partial charge in [-0.05, 0) is 58.3 Å². The van der Waals surface area contributed by atoms with Crippen LogP contribution in [0, 0.1) is 11.8 Å². The van der Waals surface area contributed by atoms with Crippen molar-refractivity contribution in [3.05, 3.63) is 0 Å². The Bertz CT molecular complexity index is 347. The molecule has 0 atom stereocenters. The van der Waals surface area contributed by atoms with E-state index in [0.717, 1.165) is 25.9 Å². The maximum Gasteiger partial charge on any atom is 0.410 e. The predicted molar refractivity (Wildman–Crippen MR) is 96.7 cm³/mol. The minimum Gasteiger partial charge on any atom is -0.444 e. The fraction of sp³-hybridized carbons (Fsp3) is 0.947. The number of nitrogens with one attached hydrogen (secondary N) is 1. The number of carbonyl (C=O) groups is 1. The predicted octanol–water partition coefficient (Wildman–Crippen LogP) is 4.44. The number of hydrogen-bond donors (Lipinski definition) is 1. The number of amides is 1. The van der Waals surface area contributed by atoms with Gasteiger partial charge in [-0.1, -0.05) is 27.7 Å². The standard InChI is InChI=1S/C19H38N2O2/c1-14(2)12-16(13-15(3)4)20-10-11-21(17-8-9-17)18(22)23-19(5,6)7/h14-17,20H,8-13H2,1-7H3. The van der Waals surface area contributed by atoms with Crippen molar-refractivity contribution >= 4 is 6.09 Å². The highest BCUT2D eigenvalue weighted by Gasteiger charge is 2.34. The quantitative estimate of drug-likeness (QED) is 0.681. The average molecular weight is 327 g/mol. The number of ether oxygens (including phenoxy) is 1. The first-order valence-corrected chi connectivity index (χ1v) is 9.31. The molecule has 4 heteroatoms. The van der Waals surface area contributed by atoms with Gasteiger partial charge in [0.2, 0.25) is 0 Å². The Morgan fingerprint density at radius 3 is 2.04 bits per heavy atom. The van der Waals surface area contributed by atoms with Crippen LogP contribution in [0.3, 0.4) is 0 Å². The molecule has 1 saturated carbocycles. The minimum absolute atomic E-state index is 0.161. The highest BCUT2D eigenvalue weighted by atomic mass is 16.6. The van der Waals surface area contributed by atoms with Crippen molar-refractivity contribution in [1.29, 1.82) is 0 Å². The van der Waals surface area contributed by atoms with Crippen LogP contribution in [-0.4, -0.2) is 41.8 Å². The first-order valence-electron chi connectivity index (χ1n) is 9.31. The Hall–Kier alpha value is -0.770. The Labute approximate surface area is 143 Å². The molecule has 23 heavy (non-hydrogen) atoms. The molecule has 1 aliphatic rings. The summed E-state index contributed by atoms with van der Waals surface area (Å²) in [5.74, 6) is 1.38. The summed E-state index contributed by atoms with van der Waals surface area (Å²) in [6.07, 6.45) is 4.44. The number of carbonyl (C=O) groups excluding carboxylic acids is 1. The van der Waals surface area contributed by atoms with Gasteiger partial charge >= 0.3 is 6.09 Å². The maximum atomic E-state index is 12.3. The zero-order valence-electron chi connectivity index (χ0n) is 16.3. The normalized spacial score (nSPS) is 15.6. The smallest absolute Gasteiger partial charge is 0.410 e. The van der Waals surface area contributed by atoms with E-state index in [1.54, 1.807) is 0 Å². The fourth-order valence-electron chi connectivity index (χ4n) is 2.92. The van der Waals surface area contributed by atoms with E-state index in [2.05, 4.69) is 33.0 Å². The molecule has 0 saturated heterocycles. The van der Waals surface area contributed by atoms with Crippen molar-refractivity contribution in [2.75, 3.05) is 13.1 Å². The van der Waals surface area contributed by atoms with Gasteiger partial charge < -0.3 is 15.0 Å². The molecule has 136 valence electrons. The monoisotopic (exact) mass is 326 g/mol. The lowest BCUT2D eigenvalue weighted by molar-refractivity contribution is 0.0234. The van der Waals surface area contributed by atoms with Gasteiger partial charge in [0.05, 0.1) is 0 Å². The van der Waals surface area contributed by atoms with Gasteiger partial charge in [0, 0.05) is 25.2 Å². The van der Waals surface area contributed by atoms with Crippen molar-refractivity contribution in [2.45, 2.75) is 91.8 Å². The van der Waals surface area contributed by atoms with E-state index in [1.165, 1.54) is 12.8 Å². The van der Waals surface area contributed by atoms with E-state index in [1.807, 2.05) is 25.7 Å². The van der Waals surface area contributed by atoms with Crippen LogP contribution in [0.2, 0.25) is 0 Å². The van der Waals surface area contributed by atoms with Crippen LogP contribution in [0.4, 0.5) is 4.79 Å². The average Bonchev–Trinajstić information content (AvgIpc) is 3.14. The molecule has 0 aromatic heterocycles. The second kappa shape index (κ2) is 8.91. The van der Waals surface area contributed by atoms with Gasteiger partial charge in [-0.15, -0.1) is 0 Å². The molecule has 0 aromatic carbocycles. The van der Waals surface area contributed by atoms with Crippen LogP contribution >= 0.6 is 0 Å². The van der Waals surface area contributed by atoms with Crippen molar-refractivity contribution in [3.8, 4) is 0 Å². The minimum atomic E-state index is -0.421. The summed E-state index contributed by atoms with van der Waals surface area (Å²) in [5, 5.41) is 3.66. The molecular formula is C19H38N2O2. The molecule has 4 nitrogen and oxygen atoms in total. The van der Waals surface area contributed by atoms with Gasteiger partial charge in [-0.3, -0.25) is 0 Å². The molecule has 1 amide bonds. The number of rotatable bonds is 9. The van der Waals surface area contributed by atoms with Crippen LogP contribution in [0.1, 0.15) is 74.1 Å². The third-order valence-electron chi connectivity index (χ3n) is 3.91. The molecule has 0 unspecified atom stereocenters. The van der Waals surface area contributed by atoms with Crippen LogP contribution in [0.25, 0.3) is 0 Å². The van der Waals surface area contributed by atoms with Crippen molar-refractivity contribution in [3.63, 3.8) is 0 Å². The van der Waals surface area contributed by atoms with E-state index >= 15 is 0 Å². The van der Waals surface area contributed by atoms with E-state index in [-0.39, 0.29) is 6.09 Å². The third kappa shape index (κ3) is 9.19. The van der Waals surface area contributed by atoms with Gasteiger partial charge in [0.1, 0.15) is 5.60 Å². The summed E-state index contributed by atoms with van der Waals surface area (Å²) in [7, 11) is 0. The highest BCUT2D eigenvalue weighted by Crippen LogP contribution is 2.28. The van der Waals surface area contributed by atoms with Gasteiger partial charge in [0.15, 0.2) is 0 Å². The van der Waals surface area contributed by atoms with Crippen LogP contribution < -0.4 is 5.32 Å². The van der Waals surface area contributed by atoms with Gasteiger partial charge in [-0.25, -0.2) is 4.79 Å². The summed E-state index contributed by atoms with van der Waals surface area (Å²) in [4.78, 5) is 14.3. The topological polar surface area (TPSA) is 41.6 Å². The van der Waals surface area contributed by atoms with E-state index < -0.39 is 5.60 Å². The number of nitrogens with zero attached hydrogens (tertiary/aromatic N) is 1. The van der Waals surface area contributed by atoms with Gasteiger partial charge in [0.25, 0.3) is 0 Å². The molecular weight excluding hydrogens is 288 g/mol. The van der Waals surface area contributed by atoms with Gasteiger partial charge in [-0.2, -0.15) is 0 Å². The number of hydrogen-bond acceptors (Lipinski definition) is 3. The lowest BCUT2D eigenvalue weighted by atomic mass is 9.95. The van der Waals surface area contributed by atoms with E-state index in [9.17, 15) is 4.79 Å². The molecule has 1 rings (SSSR count). The highest BCUT2D eigenvalue weighted by molar-refractivity contribution is 5.69. The summed E-state index contributed by atoms with van der Waals surface area (Å²) in [6.45, 7) is 16.4. The Morgan fingerprint density at radius 1 is 1.13 bits per heavy atom. The molecule has 0 aliphatic heterocycles.